The number of nitrogens with zero attached hydrogens (tertiary/aromatic N) is 1. The van der Waals surface area contributed by atoms with Crippen LogP contribution >= 0.6 is 10.7 Å². The third-order valence-electron chi connectivity index (χ3n) is 3.62. The number of benzene rings is 1. The van der Waals surface area contributed by atoms with Crippen LogP contribution in [0.5, 0.6) is 0 Å². The van der Waals surface area contributed by atoms with E-state index in [0.717, 1.165) is 24.9 Å². The van der Waals surface area contributed by atoms with Gasteiger partial charge < -0.3 is 4.57 Å². The molecule has 104 valence electrons. The van der Waals surface area contributed by atoms with Gasteiger partial charge in [-0.1, -0.05) is 44.9 Å². The average Bonchev–Trinajstić information content (AvgIpc) is 2.75. The number of aromatic nitrogens is 1. The second-order valence-electron chi connectivity index (χ2n) is 4.78. The quantitative estimate of drug-likeness (QED) is 0.783. The van der Waals surface area contributed by atoms with E-state index in [-0.39, 0.29) is 4.90 Å². The van der Waals surface area contributed by atoms with E-state index in [1.807, 2.05) is 22.8 Å². The molecule has 0 saturated carbocycles. The van der Waals surface area contributed by atoms with Crippen LogP contribution in [0.15, 0.2) is 35.4 Å². The summed E-state index contributed by atoms with van der Waals surface area (Å²) in [6, 6.07) is 7.48. The Balaban J connectivity index is 2.57. The van der Waals surface area contributed by atoms with E-state index in [1.54, 1.807) is 12.3 Å². The van der Waals surface area contributed by atoms with Crippen LogP contribution in [-0.4, -0.2) is 13.0 Å². The van der Waals surface area contributed by atoms with E-state index in [9.17, 15) is 8.42 Å². The molecule has 0 aliphatic carbocycles. The van der Waals surface area contributed by atoms with Crippen molar-refractivity contribution in [2.24, 2.45) is 5.92 Å². The van der Waals surface area contributed by atoms with Crippen molar-refractivity contribution in [3.05, 3.63) is 30.5 Å². The van der Waals surface area contributed by atoms with E-state index in [1.165, 1.54) is 0 Å². The van der Waals surface area contributed by atoms with E-state index < -0.39 is 9.05 Å². The molecule has 0 aliphatic rings. The molecule has 0 fully saturated rings. The zero-order valence-corrected chi connectivity index (χ0v) is 12.7. The second-order valence-corrected chi connectivity index (χ2v) is 7.32. The maximum atomic E-state index is 11.6. The molecule has 1 aromatic heterocycles. The van der Waals surface area contributed by atoms with E-state index in [0.29, 0.717) is 11.3 Å². The van der Waals surface area contributed by atoms with Crippen LogP contribution in [-0.2, 0) is 15.6 Å². The van der Waals surface area contributed by atoms with Gasteiger partial charge in [-0.25, -0.2) is 8.42 Å². The molecular weight excluding hydrogens is 282 g/mol. The number of hydrogen-bond acceptors (Lipinski definition) is 2. The van der Waals surface area contributed by atoms with Crippen LogP contribution in [0.2, 0.25) is 0 Å². The second kappa shape index (κ2) is 5.55. The fraction of sp³-hybridized carbons (Fsp3) is 0.429. The molecule has 1 aromatic carbocycles. The molecule has 3 nitrogen and oxygen atoms in total. The lowest BCUT2D eigenvalue weighted by Gasteiger charge is -2.14. The summed E-state index contributed by atoms with van der Waals surface area (Å²) in [7, 11) is 1.81. The maximum Gasteiger partial charge on any atom is 0.263 e. The van der Waals surface area contributed by atoms with Crippen LogP contribution in [0.25, 0.3) is 10.9 Å². The van der Waals surface area contributed by atoms with Crippen LogP contribution < -0.4 is 0 Å². The van der Waals surface area contributed by atoms with Crippen LogP contribution in [0.4, 0.5) is 0 Å². The predicted molar refractivity (Wildman–Crippen MR) is 79.0 cm³/mol. The number of para-hydroxylation sites is 1. The van der Waals surface area contributed by atoms with Crippen molar-refractivity contribution in [3.63, 3.8) is 0 Å². The highest BCUT2D eigenvalue weighted by Gasteiger charge is 2.19. The standard InChI is InChI=1S/C14H18ClNO2S/c1-3-11(4-2)9-16-10-14(19(15,17)18)12-7-5-6-8-13(12)16/h5-8,10-11H,3-4,9H2,1-2H3. The summed E-state index contributed by atoms with van der Waals surface area (Å²) in [6.45, 7) is 5.12. The number of hydrogen-bond donors (Lipinski definition) is 0. The summed E-state index contributed by atoms with van der Waals surface area (Å²) < 4.78 is 25.3. The Morgan fingerprint density at radius 3 is 2.42 bits per heavy atom. The highest BCUT2D eigenvalue weighted by atomic mass is 35.7. The van der Waals surface area contributed by atoms with Crippen molar-refractivity contribution in [1.82, 2.24) is 4.57 Å². The van der Waals surface area contributed by atoms with Gasteiger partial charge >= 0.3 is 0 Å². The molecule has 0 bridgehead atoms. The molecule has 0 unspecified atom stereocenters. The van der Waals surface area contributed by atoms with Gasteiger partial charge in [-0.3, -0.25) is 0 Å². The molecular formula is C14H18ClNO2S. The first-order valence-electron chi connectivity index (χ1n) is 6.49. The van der Waals surface area contributed by atoms with Gasteiger partial charge in [0.1, 0.15) is 4.90 Å². The molecule has 19 heavy (non-hydrogen) atoms. The minimum absolute atomic E-state index is 0.204. The van der Waals surface area contributed by atoms with Crippen molar-refractivity contribution in [3.8, 4) is 0 Å². The zero-order chi connectivity index (χ0) is 14.0. The average molecular weight is 300 g/mol. The van der Waals surface area contributed by atoms with Gasteiger partial charge in [0.25, 0.3) is 9.05 Å². The first-order chi connectivity index (χ1) is 8.97. The van der Waals surface area contributed by atoms with Crippen LogP contribution in [0.3, 0.4) is 0 Å². The third kappa shape index (κ3) is 2.95. The van der Waals surface area contributed by atoms with Crippen molar-refractivity contribution >= 4 is 30.6 Å². The van der Waals surface area contributed by atoms with Gasteiger partial charge in [-0.2, -0.15) is 0 Å². The van der Waals surface area contributed by atoms with Gasteiger partial charge in [0.15, 0.2) is 0 Å². The SMILES string of the molecule is CCC(CC)Cn1cc(S(=O)(=O)Cl)c2ccccc21. The number of fused-ring (bicyclic) bond motifs is 1. The Kier molecular flexibility index (Phi) is 4.21. The summed E-state index contributed by atoms with van der Waals surface area (Å²) in [5.74, 6) is 0.543. The largest absolute Gasteiger partial charge is 0.346 e. The molecule has 0 N–H and O–H groups in total. The third-order valence-corrected chi connectivity index (χ3v) is 4.97. The van der Waals surface area contributed by atoms with Crippen LogP contribution in [0, 0.1) is 5.92 Å². The summed E-state index contributed by atoms with van der Waals surface area (Å²) in [4.78, 5) is 0.204. The molecule has 0 radical (unpaired) electrons. The van der Waals surface area contributed by atoms with Crippen molar-refractivity contribution in [2.45, 2.75) is 38.1 Å². The predicted octanol–water partition coefficient (Wildman–Crippen LogP) is 4.01. The van der Waals surface area contributed by atoms with Crippen molar-refractivity contribution in [1.29, 1.82) is 0 Å². The lowest BCUT2D eigenvalue weighted by Crippen LogP contribution is -2.08. The van der Waals surface area contributed by atoms with Crippen LogP contribution in [0.1, 0.15) is 26.7 Å². The fourth-order valence-corrected chi connectivity index (χ4v) is 3.44. The van der Waals surface area contributed by atoms with Gasteiger partial charge in [0.05, 0.1) is 0 Å². The molecule has 2 rings (SSSR count). The van der Waals surface area contributed by atoms with Gasteiger partial charge in [0, 0.05) is 34.3 Å². The number of rotatable bonds is 5. The monoisotopic (exact) mass is 299 g/mol. The first-order valence-corrected chi connectivity index (χ1v) is 8.80. The highest BCUT2D eigenvalue weighted by molar-refractivity contribution is 8.14. The van der Waals surface area contributed by atoms with Gasteiger partial charge in [-0.05, 0) is 12.0 Å². The fourth-order valence-electron chi connectivity index (χ4n) is 2.38. The minimum atomic E-state index is -3.71. The summed E-state index contributed by atoms with van der Waals surface area (Å²) in [5, 5.41) is 0.698. The van der Waals surface area contributed by atoms with Crippen molar-refractivity contribution in [2.75, 3.05) is 0 Å². The van der Waals surface area contributed by atoms with Crippen molar-refractivity contribution < 1.29 is 8.42 Å². The molecule has 1 heterocycles. The Bertz CT molecular complexity index is 672. The maximum absolute atomic E-state index is 11.6. The molecule has 0 spiro atoms. The highest BCUT2D eigenvalue weighted by Crippen LogP contribution is 2.29. The molecule has 0 amide bonds. The lowest BCUT2D eigenvalue weighted by atomic mass is 10.0. The Morgan fingerprint density at radius 1 is 1.21 bits per heavy atom. The summed E-state index contributed by atoms with van der Waals surface area (Å²) in [5.41, 5.74) is 0.925. The molecule has 0 aliphatic heterocycles. The first kappa shape index (κ1) is 14.4. The Morgan fingerprint density at radius 2 is 1.84 bits per heavy atom. The summed E-state index contributed by atoms with van der Waals surface area (Å²) in [6.07, 6.45) is 3.81. The summed E-state index contributed by atoms with van der Waals surface area (Å²) >= 11 is 0. The molecule has 0 saturated heterocycles. The smallest absolute Gasteiger partial charge is 0.263 e. The van der Waals surface area contributed by atoms with Gasteiger partial charge in [0.2, 0.25) is 0 Å². The van der Waals surface area contributed by atoms with E-state index in [4.69, 9.17) is 10.7 Å². The topological polar surface area (TPSA) is 39.1 Å². The number of halogens is 1. The molecule has 0 atom stereocenters. The lowest BCUT2D eigenvalue weighted by molar-refractivity contribution is 0.424. The normalized spacial score (nSPS) is 12.4. The van der Waals surface area contributed by atoms with E-state index in [2.05, 4.69) is 13.8 Å². The Hall–Kier alpha value is -1.00. The molecule has 5 heteroatoms. The van der Waals surface area contributed by atoms with E-state index >= 15 is 0 Å². The zero-order valence-electron chi connectivity index (χ0n) is 11.1. The van der Waals surface area contributed by atoms with Gasteiger partial charge in [-0.15, -0.1) is 0 Å². The Labute approximate surface area is 118 Å². The molecule has 2 aromatic rings. The minimum Gasteiger partial charge on any atom is -0.346 e.